The Morgan fingerprint density at radius 3 is 2.89 bits per heavy atom. The summed E-state index contributed by atoms with van der Waals surface area (Å²) in [4.78, 5) is 11.7. The van der Waals surface area contributed by atoms with Crippen molar-refractivity contribution >= 4 is 34.2 Å². The minimum atomic E-state index is -0.580. The summed E-state index contributed by atoms with van der Waals surface area (Å²) in [5.41, 5.74) is 5.96. The number of nitrogens with two attached hydrogens (primary N) is 1. The fraction of sp³-hybridized carbons (Fsp3) is 0.167. The number of esters is 1. The van der Waals surface area contributed by atoms with E-state index < -0.39 is 11.8 Å². The van der Waals surface area contributed by atoms with Crippen molar-refractivity contribution < 1.29 is 13.9 Å². The van der Waals surface area contributed by atoms with Gasteiger partial charge in [0, 0.05) is 11.9 Å². The molecule has 0 saturated heterocycles. The number of hydrogen-bond acceptors (Lipinski definition) is 4. The first-order chi connectivity index (χ1) is 9.02. The molecule has 2 N–H and O–H groups in total. The van der Waals surface area contributed by atoms with Crippen LogP contribution in [0.3, 0.4) is 0 Å². The molecule has 0 aliphatic rings. The number of nitrogens with zero attached hydrogens (tertiary/aromatic N) is 2. The van der Waals surface area contributed by atoms with Gasteiger partial charge < -0.3 is 10.5 Å². The molecule has 1 aromatic carbocycles. The second-order valence-corrected chi connectivity index (χ2v) is 4.96. The molecule has 0 amide bonds. The summed E-state index contributed by atoms with van der Waals surface area (Å²) in [5.74, 6) is -1.13. The van der Waals surface area contributed by atoms with Gasteiger partial charge >= 0.3 is 5.97 Å². The van der Waals surface area contributed by atoms with Gasteiger partial charge in [0.05, 0.1) is 21.9 Å². The van der Waals surface area contributed by atoms with Gasteiger partial charge in [-0.2, -0.15) is 5.10 Å². The molecular formula is C12H11FIN3O2. The fourth-order valence-electron chi connectivity index (χ4n) is 1.57. The van der Waals surface area contributed by atoms with E-state index in [-0.39, 0.29) is 23.5 Å². The van der Waals surface area contributed by atoms with E-state index in [4.69, 9.17) is 10.5 Å². The summed E-state index contributed by atoms with van der Waals surface area (Å²) in [6, 6.07) is 2.43. The molecule has 19 heavy (non-hydrogen) atoms. The summed E-state index contributed by atoms with van der Waals surface area (Å²) >= 11 is 2.06. The van der Waals surface area contributed by atoms with E-state index in [1.54, 1.807) is 19.3 Å². The van der Waals surface area contributed by atoms with Crippen LogP contribution in [0.15, 0.2) is 24.5 Å². The zero-order valence-corrected chi connectivity index (χ0v) is 12.2. The average Bonchev–Trinajstić information content (AvgIpc) is 2.76. The highest BCUT2D eigenvalue weighted by Gasteiger charge is 2.16. The minimum absolute atomic E-state index is 0.0431. The Labute approximate surface area is 122 Å². The number of rotatable bonds is 3. The molecular weight excluding hydrogens is 364 g/mol. The topological polar surface area (TPSA) is 70.1 Å². The first-order valence-electron chi connectivity index (χ1n) is 5.49. The molecule has 2 rings (SSSR count). The predicted octanol–water partition coefficient (Wildman–Crippen LogP) is 2.37. The van der Waals surface area contributed by atoms with Crippen LogP contribution in [0.4, 0.5) is 10.1 Å². The van der Waals surface area contributed by atoms with Crippen molar-refractivity contribution in [2.24, 2.45) is 0 Å². The van der Waals surface area contributed by atoms with Gasteiger partial charge in [-0.1, -0.05) is 0 Å². The van der Waals surface area contributed by atoms with E-state index in [1.807, 2.05) is 0 Å². The number of carbonyl (C=O) groups is 1. The number of nitrogen functional groups attached to an aromatic ring is 1. The zero-order chi connectivity index (χ0) is 14.0. The first-order valence-corrected chi connectivity index (χ1v) is 6.57. The Bertz CT molecular complexity index is 627. The Morgan fingerprint density at radius 2 is 2.32 bits per heavy atom. The average molecular weight is 375 g/mol. The molecule has 0 spiro atoms. The fourth-order valence-corrected chi connectivity index (χ4v) is 1.96. The SMILES string of the molecule is CCOC(=O)c1cc(-n2cc(I)cn2)c(F)cc1N. The summed E-state index contributed by atoms with van der Waals surface area (Å²) < 4.78 is 21.0. The van der Waals surface area contributed by atoms with Gasteiger partial charge in [0.25, 0.3) is 0 Å². The van der Waals surface area contributed by atoms with E-state index >= 15 is 0 Å². The van der Waals surface area contributed by atoms with Crippen LogP contribution >= 0.6 is 22.6 Å². The highest BCUT2D eigenvalue weighted by atomic mass is 127. The Morgan fingerprint density at radius 1 is 1.58 bits per heavy atom. The van der Waals surface area contributed by atoms with Gasteiger partial charge in [-0.3, -0.25) is 0 Å². The van der Waals surface area contributed by atoms with Crippen LogP contribution in [-0.2, 0) is 4.74 Å². The molecule has 0 bridgehead atoms. The van der Waals surface area contributed by atoms with Crippen molar-refractivity contribution in [1.29, 1.82) is 0 Å². The van der Waals surface area contributed by atoms with Crippen molar-refractivity contribution in [2.75, 3.05) is 12.3 Å². The molecule has 0 fully saturated rings. The second-order valence-electron chi connectivity index (χ2n) is 3.71. The normalized spacial score (nSPS) is 10.5. The van der Waals surface area contributed by atoms with Gasteiger partial charge in [-0.15, -0.1) is 0 Å². The molecule has 0 radical (unpaired) electrons. The maximum Gasteiger partial charge on any atom is 0.340 e. The monoisotopic (exact) mass is 375 g/mol. The first kappa shape index (κ1) is 13.8. The minimum Gasteiger partial charge on any atom is -0.462 e. The number of carbonyl (C=O) groups excluding carboxylic acids is 1. The number of anilines is 1. The van der Waals surface area contributed by atoms with E-state index in [9.17, 15) is 9.18 Å². The van der Waals surface area contributed by atoms with Crippen molar-refractivity contribution in [3.8, 4) is 5.69 Å². The third-order valence-corrected chi connectivity index (χ3v) is 2.97. The highest BCUT2D eigenvalue weighted by Crippen LogP contribution is 2.22. The van der Waals surface area contributed by atoms with Crippen LogP contribution in [0, 0.1) is 9.39 Å². The quantitative estimate of drug-likeness (QED) is 0.508. The highest BCUT2D eigenvalue weighted by molar-refractivity contribution is 14.1. The van der Waals surface area contributed by atoms with Crippen molar-refractivity contribution in [3.63, 3.8) is 0 Å². The van der Waals surface area contributed by atoms with Gasteiger partial charge in [0.1, 0.15) is 5.69 Å². The predicted molar refractivity (Wildman–Crippen MR) is 76.6 cm³/mol. The summed E-state index contributed by atoms with van der Waals surface area (Å²) in [6.07, 6.45) is 3.23. The Hall–Kier alpha value is -1.64. The number of ether oxygens (including phenoxy) is 1. The van der Waals surface area contributed by atoms with Crippen molar-refractivity contribution in [1.82, 2.24) is 9.78 Å². The van der Waals surface area contributed by atoms with E-state index in [2.05, 4.69) is 27.7 Å². The van der Waals surface area contributed by atoms with Gasteiger partial charge in [0.2, 0.25) is 0 Å². The molecule has 0 aliphatic carbocycles. The molecule has 0 unspecified atom stereocenters. The van der Waals surface area contributed by atoms with Crippen LogP contribution in [0.5, 0.6) is 0 Å². The third-order valence-electron chi connectivity index (χ3n) is 2.41. The van der Waals surface area contributed by atoms with Gasteiger partial charge in [0.15, 0.2) is 5.82 Å². The molecule has 0 aliphatic heterocycles. The maximum atomic E-state index is 13.9. The van der Waals surface area contributed by atoms with Crippen molar-refractivity contribution in [2.45, 2.75) is 6.92 Å². The molecule has 0 saturated carbocycles. The number of benzene rings is 1. The van der Waals surface area contributed by atoms with Crippen molar-refractivity contribution in [3.05, 3.63) is 39.5 Å². The standard InChI is InChI=1S/C12H11FIN3O2/c1-2-19-12(18)8-3-11(9(13)4-10(8)15)17-6-7(14)5-16-17/h3-6H,2,15H2,1H3. The maximum absolute atomic E-state index is 13.9. The van der Waals surface area contributed by atoms with Crippen LogP contribution in [0.2, 0.25) is 0 Å². The Kier molecular flexibility index (Phi) is 4.03. The molecule has 100 valence electrons. The zero-order valence-electron chi connectivity index (χ0n) is 10.1. The van der Waals surface area contributed by atoms with Crippen LogP contribution in [-0.4, -0.2) is 22.4 Å². The van der Waals surface area contributed by atoms with E-state index in [0.717, 1.165) is 9.64 Å². The van der Waals surface area contributed by atoms with E-state index in [0.29, 0.717) is 0 Å². The van der Waals surface area contributed by atoms with Crippen LogP contribution < -0.4 is 5.73 Å². The lowest BCUT2D eigenvalue weighted by molar-refractivity contribution is 0.0527. The lowest BCUT2D eigenvalue weighted by Crippen LogP contribution is -2.10. The molecule has 1 heterocycles. The molecule has 2 aromatic rings. The van der Waals surface area contributed by atoms with Crippen LogP contribution in [0.25, 0.3) is 5.69 Å². The summed E-state index contributed by atoms with van der Waals surface area (Å²) in [6.45, 7) is 1.92. The van der Waals surface area contributed by atoms with Crippen LogP contribution in [0.1, 0.15) is 17.3 Å². The van der Waals surface area contributed by atoms with E-state index in [1.165, 1.54) is 10.7 Å². The summed E-state index contributed by atoms with van der Waals surface area (Å²) in [5, 5.41) is 4.00. The number of hydrogen-bond donors (Lipinski definition) is 1. The second kappa shape index (κ2) is 5.55. The lowest BCUT2D eigenvalue weighted by atomic mass is 10.1. The third kappa shape index (κ3) is 2.86. The Balaban J connectivity index is 2.50. The van der Waals surface area contributed by atoms with Gasteiger partial charge in [-0.25, -0.2) is 13.9 Å². The molecule has 1 aromatic heterocycles. The molecule has 7 heteroatoms. The summed E-state index contributed by atoms with van der Waals surface area (Å²) in [7, 11) is 0. The smallest absolute Gasteiger partial charge is 0.340 e. The molecule has 0 atom stereocenters. The molecule has 5 nitrogen and oxygen atoms in total. The number of aromatic nitrogens is 2. The largest absolute Gasteiger partial charge is 0.462 e. The lowest BCUT2D eigenvalue weighted by Gasteiger charge is -2.09. The number of halogens is 2. The van der Waals surface area contributed by atoms with Gasteiger partial charge in [-0.05, 0) is 41.6 Å².